The van der Waals surface area contributed by atoms with Gasteiger partial charge in [-0.1, -0.05) is 57.4 Å². The maximum atomic E-state index is 2.44. The molecule has 0 bridgehead atoms. The first-order valence-electron chi connectivity index (χ1n) is 6.28. The Hall–Kier alpha value is -0.520. The highest BCUT2D eigenvalue weighted by molar-refractivity contribution is 5.17. The molecule has 0 radical (unpaired) electrons. The van der Waals surface area contributed by atoms with E-state index in [2.05, 4.69) is 52.8 Å². The van der Waals surface area contributed by atoms with Crippen molar-refractivity contribution in [1.82, 2.24) is 0 Å². The van der Waals surface area contributed by atoms with Crippen molar-refractivity contribution in [1.29, 1.82) is 0 Å². The molecule has 2 unspecified atom stereocenters. The average molecular weight is 206 g/mol. The fourth-order valence-corrected chi connectivity index (χ4v) is 2.80. The minimum atomic E-state index is 0.488. The first-order valence-corrected chi connectivity index (χ1v) is 6.28. The van der Waals surface area contributed by atoms with E-state index >= 15 is 0 Å². The van der Waals surface area contributed by atoms with Gasteiger partial charge in [-0.3, -0.25) is 0 Å². The quantitative estimate of drug-likeness (QED) is 0.559. The van der Waals surface area contributed by atoms with E-state index in [9.17, 15) is 0 Å². The zero-order chi connectivity index (χ0) is 11.5. The van der Waals surface area contributed by atoms with Gasteiger partial charge in [0.15, 0.2) is 0 Å². The third-order valence-corrected chi connectivity index (χ3v) is 4.02. The van der Waals surface area contributed by atoms with Gasteiger partial charge in [0.1, 0.15) is 0 Å². The predicted molar refractivity (Wildman–Crippen MR) is 68.9 cm³/mol. The van der Waals surface area contributed by atoms with Crippen molar-refractivity contribution in [2.24, 2.45) is 17.3 Å². The molecule has 1 rings (SSSR count). The molecule has 0 aromatic rings. The van der Waals surface area contributed by atoms with Crippen LogP contribution in [-0.4, -0.2) is 0 Å². The Balaban J connectivity index is 2.76. The topological polar surface area (TPSA) is 0 Å². The van der Waals surface area contributed by atoms with Gasteiger partial charge in [0.25, 0.3) is 0 Å². The monoisotopic (exact) mass is 206 g/mol. The summed E-state index contributed by atoms with van der Waals surface area (Å²) < 4.78 is 0. The van der Waals surface area contributed by atoms with Crippen LogP contribution in [0.25, 0.3) is 0 Å². The van der Waals surface area contributed by atoms with Crippen molar-refractivity contribution in [3.05, 3.63) is 23.8 Å². The van der Waals surface area contributed by atoms with Crippen LogP contribution in [0.2, 0.25) is 0 Å². The molecule has 1 aliphatic rings. The summed E-state index contributed by atoms with van der Waals surface area (Å²) in [5, 5.41) is 0. The molecule has 0 aromatic carbocycles. The standard InChI is InChI=1S/C15H26/c1-6-12(2)9-10-14-13(3)8-7-11-15(14,4)5/h6,9-10,13-14H,7-8,11H2,1-5H3/b10-9+,12-6+. The Labute approximate surface area is 95.5 Å². The second-order valence-electron chi connectivity index (χ2n) is 5.78. The summed E-state index contributed by atoms with van der Waals surface area (Å²) >= 11 is 0. The van der Waals surface area contributed by atoms with Crippen LogP contribution in [-0.2, 0) is 0 Å². The van der Waals surface area contributed by atoms with E-state index in [4.69, 9.17) is 0 Å². The van der Waals surface area contributed by atoms with Crippen molar-refractivity contribution in [2.75, 3.05) is 0 Å². The van der Waals surface area contributed by atoms with Crippen LogP contribution in [0.15, 0.2) is 23.8 Å². The van der Waals surface area contributed by atoms with E-state index in [1.807, 2.05) is 0 Å². The van der Waals surface area contributed by atoms with Gasteiger partial charge in [-0.05, 0) is 37.5 Å². The van der Waals surface area contributed by atoms with E-state index in [0.29, 0.717) is 5.41 Å². The van der Waals surface area contributed by atoms with Crippen LogP contribution in [0.5, 0.6) is 0 Å². The van der Waals surface area contributed by atoms with Crippen LogP contribution >= 0.6 is 0 Å². The molecular weight excluding hydrogens is 180 g/mol. The molecular formula is C15H26. The summed E-state index contributed by atoms with van der Waals surface area (Å²) in [7, 11) is 0. The number of rotatable bonds is 2. The molecule has 0 aliphatic heterocycles. The molecule has 2 atom stereocenters. The zero-order valence-corrected chi connectivity index (χ0v) is 11.0. The molecule has 0 nitrogen and oxygen atoms in total. The Bertz CT molecular complexity index is 255. The molecule has 0 aromatic heterocycles. The summed E-state index contributed by atoms with van der Waals surface area (Å²) in [5.41, 5.74) is 1.87. The second kappa shape index (κ2) is 5.01. The van der Waals surface area contributed by atoms with Gasteiger partial charge in [0.05, 0.1) is 0 Å². The molecule has 0 amide bonds. The van der Waals surface area contributed by atoms with Crippen LogP contribution in [0.4, 0.5) is 0 Å². The highest BCUT2D eigenvalue weighted by Crippen LogP contribution is 2.44. The third kappa shape index (κ3) is 3.22. The van der Waals surface area contributed by atoms with Gasteiger partial charge in [-0.25, -0.2) is 0 Å². The van der Waals surface area contributed by atoms with Crippen molar-refractivity contribution in [2.45, 2.75) is 53.9 Å². The van der Waals surface area contributed by atoms with Gasteiger partial charge >= 0.3 is 0 Å². The summed E-state index contributed by atoms with van der Waals surface area (Å²) in [6.45, 7) is 11.5. The summed E-state index contributed by atoms with van der Waals surface area (Å²) in [6, 6.07) is 0. The van der Waals surface area contributed by atoms with Gasteiger partial charge in [0, 0.05) is 0 Å². The fourth-order valence-electron chi connectivity index (χ4n) is 2.80. The van der Waals surface area contributed by atoms with Crippen LogP contribution in [0.3, 0.4) is 0 Å². The first kappa shape index (κ1) is 12.5. The molecule has 1 aliphatic carbocycles. The molecule has 0 heteroatoms. The Morgan fingerprint density at radius 1 is 1.33 bits per heavy atom. The zero-order valence-electron chi connectivity index (χ0n) is 11.0. The molecule has 0 heterocycles. The molecule has 86 valence electrons. The number of hydrogen-bond donors (Lipinski definition) is 0. The van der Waals surface area contributed by atoms with Gasteiger partial charge in [-0.2, -0.15) is 0 Å². The van der Waals surface area contributed by atoms with Gasteiger partial charge in [0.2, 0.25) is 0 Å². The van der Waals surface area contributed by atoms with Gasteiger partial charge < -0.3 is 0 Å². The van der Waals surface area contributed by atoms with Crippen molar-refractivity contribution in [3.63, 3.8) is 0 Å². The normalized spacial score (nSPS) is 32.2. The van der Waals surface area contributed by atoms with E-state index in [-0.39, 0.29) is 0 Å². The average Bonchev–Trinajstić information content (AvgIpc) is 2.15. The smallest absolute Gasteiger partial charge is 0.0153 e. The van der Waals surface area contributed by atoms with Crippen LogP contribution in [0.1, 0.15) is 53.9 Å². The lowest BCUT2D eigenvalue weighted by atomic mass is 9.64. The lowest BCUT2D eigenvalue weighted by Gasteiger charge is -2.41. The first-order chi connectivity index (χ1) is 6.97. The molecule has 0 saturated heterocycles. The largest absolute Gasteiger partial charge is 0.0847 e. The number of allylic oxidation sites excluding steroid dienone is 4. The highest BCUT2D eigenvalue weighted by Gasteiger charge is 2.34. The van der Waals surface area contributed by atoms with Crippen molar-refractivity contribution < 1.29 is 0 Å². The maximum absolute atomic E-state index is 2.44. The minimum absolute atomic E-state index is 0.488. The minimum Gasteiger partial charge on any atom is -0.0847 e. The third-order valence-electron chi connectivity index (χ3n) is 4.02. The molecule has 1 saturated carbocycles. The Morgan fingerprint density at radius 3 is 2.53 bits per heavy atom. The Kier molecular flexibility index (Phi) is 4.19. The fraction of sp³-hybridized carbons (Fsp3) is 0.733. The predicted octanol–water partition coefficient (Wildman–Crippen LogP) is 4.97. The SMILES string of the molecule is C/C=C(C)/C=C/C1C(C)CCCC1(C)C. The lowest BCUT2D eigenvalue weighted by molar-refractivity contribution is 0.123. The summed E-state index contributed by atoms with van der Waals surface area (Å²) in [5.74, 6) is 1.59. The van der Waals surface area contributed by atoms with Crippen molar-refractivity contribution in [3.8, 4) is 0 Å². The molecule has 1 fully saturated rings. The van der Waals surface area contributed by atoms with Gasteiger partial charge in [-0.15, -0.1) is 0 Å². The van der Waals surface area contributed by atoms with Crippen molar-refractivity contribution >= 4 is 0 Å². The summed E-state index contributed by atoms with van der Waals surface area (Å²) in [4.78, 5) is 0. The molecule has 15 heavy (non-hydrogen) atoms. The number of hydrogen-bond acceptors (Lipinski definition) is 0. The summed E-state index contributed by atoms with van der Waals surface area (Å²) in [6.07, 6.45) is 11.1. The second-order valence-corrected chi connectivity index (χ2v) is 5.78. The van der Waals surface area contributed by atoms with E-state index in [1.165, 1.54) is 24.8 Å². The Morgan fingerprint density at radius 2 is 2.00 bits per heavy atom. The van der Waals surface area contributed by atoms with E-state index in [0.717, 1.165) is 11.8 Å². The lowest BCUT2D eigenvalue weighted by Crippen LogP contribution is -2.32. The maximum Gasteiger partial charge on any atom is -0.0153 e. The molecule has 0 N–H and O–H groups in total. The van der Waals surface area contributed by atoms with Crippen LogP contribution < -0.4 is 0 Å². The molecule has 0 spiro atoms. The van der Waals surface area contributed by atoms with E-state index in [1.54, 1.807) is 0 Å². The van der Waals surface area contributed by atoms with Crippen LogP contribution in [0, 0.1) is 17.3 Å². The highest BCUT2D eigenvalue weighted by atomic mass is 14.4. The van der Waals surface area contributed by atoms with E-state index < -0.39 is 0 Å².